The van der Waals surface area contributed by atoms with Crippen molar-refractivity contribution in [3.8, 4) is 11.4 Å². The van der Waals surface area contributed by atoms with Crippen molar-refractivity contribution in [2.75, 3.05) is 0 Å². The Bertz CT molecular complexity index is 486. The van der Waals surface area contributed by atoms with Crippen LogP contribution in [0.1, 0.15) is 5.82 Å². The number of aromatic nitrogens is 4. The van der Waals surface area contributed by atoms with Crippen molar-refractivity contribution in [3.63, 3.8) is 0 Å². The van der Waals surface area contributed by atoms with Crippen molar-refractivity contribution in [2.45, 2.75) is 6.92 Å². The largest absolute Gasteiger partial charge is 0.268 e. The van der Waals surface area contributed by atoms with Crippen molar-refractivity contribution in [3.05, 3.63) is 40.6 Å². The molecule has 2 aromatic heterocycles. The first-order chi connectivity index (χ1) is 6.75. The van der Waals surface area contributed by atoms with Crippen molar-refractivity contribution in [2.24, 2.45) is 0 Å². The second-order valence-electron chi connectivity index (χ2n) is 2.80. The number of nitrogens with zero attached hydrogens (tertiary/aromatic N) is 3. The molecule has 5 heteroatoms. The van der Waals surface area contributed by atoms with Gasteiger partial charge in [0.05, 0.1) is 5.69 Å². The minimum absolute atomic E-state index is 0.223. The SMILES string of the molecule is Cc1nccc(-c2ccc(=O)[nH]n2)n1. The zero-order valence-corrected chi connectivity index (χ0v) is 7.56. The Kier molecular flexibility index (Phi) is 2.06. The molecule has 0 saturated carbocycles. The maximum atomic E-state index is 10.8. The lowest BCUT2D eigenvalue weighted by Crippen LogP contribution is -2.06. The number of H-pyrrole nitrogens is 1. The predicted molar refractivity (Wildman–Crippen MR) is 50.6 cm³/mol. The van der Waals surface area contributed by atoms with Crippen LogP contribution in [0, 0.1) is 6.92 Å². The van der Waals surface area contributed by atoms with Crippen LogP contribution in [-0.4, -0.2) is 20.2 Å². The Balaban J connectivity index is 2.49. The van der Waals surface area contributed by atoms with Crippen LogP contribution in [-0.2, 0) is 0 Å². The van der Waals surface area contributed by atoms with Crippen LogP contribution in [0.2, 0.25) is 0 Å². The molecular weight excluding hydrogens is 180 g/mol. The number of hydrogen-bond acceptors (Lipinski definition) is 4. The Labute approximate surface area is 79.9 Å². The molecule has 1 N–H and O–H groups in total. The van der Waals surface area contributed by atoms with Crippen molar-refractivity contribution in [1.29, 1.82) is 0 Å². The van der Waals surface area contributed by atoms with Gasteiger partial charge in [-0.1, -0.05) is 0 Å². The summed E-state index contributed by atoms with van der Waals surface area (Å²) < 4.78 is 0. The zero-order chi connectivity index (χ0) is 9.97. The molecule has 0 aliphatic heterocycles. The van der Waals surface area contributed by atoms with Crippen molar-refractivity contribution in [1.82, 2.24) is 20.2 Å². The Morgan fingerprint density at radius 2 is 2.07 bits per heavy atom. The minimum atomic E-state index is -0.223. The molecule has 2 rings (SSSR count). The summed E-state index contributed by atoms with van der Waals surface area (Å²) in [6, 6.07) is 4.79. The fourth-order valence-corrected chi connectivity index (χ4v) is 1.09. The van der Waals surface area contributed by atoms with E-state index < -0.39 is 0 Å². The molecule has 0 unspecified atom stereocenters. The maximum Gasteiger partial charge on any atom is 0.264 e. The molecule has 0 saturated heterocycles. The zero-order valence-electron chi connectivity index (χ0n) is 7.56. The Morgan fingerprint density at radius 1 is 1.21 bits per heavy atom. The molecule has 14 heavy (non-hydrogen) atoms. The number of aryl methyl sites for hydroxylation is 1. The molecule has 0 atom stereocenters. The highest BCUT2D eigenvalue weighted by Gasteiger charge is 2.00. The van der Waals surface area contributed by atoms with Gasteiger partial charge in [0.15, 0.2) is 0 Å². The van der Waals surface area contributed by atoms with Crippen LogP contribution in [0.5, 0.6) is 0 Å². The van der Waals surface area contributed by atoms with Crippen LogP contribution in [0.3, 0.4) is 0 Å². The van der Waals surface area contributed by atoms with Gasteiger partial charge in [0.2, 0.25) is 0 Å². The molecule has 0 aromatic carbocycles. The summed E-state index contributed by atoms with van der Waals surface area (Å²) in [4.78, 5) is 18.9. The van der Waals surface area contributed by atoms with E-state index in [1.165, 1.54) is 6.07 Å². The van der Waals surface area contributed by atoms with Crippen LogP contribution < -0.4 is 5.56 Å². The number of rotatable bonds is 1. The minimum Gasteiger partial charge on any atom is -0.268 e. The lowest BCUT2D eigenvalue weighted by atomic mass is 10.3. The van der Waals surface area contributed by atoms with E-state index in [0.29, 0.717) is 17.2 Å². The van der Waals surface area contributed by atoms with Gasteiger partial charge in [0.1, 0.15) is 11.5 Å². The summed E-state index contributed by atoms with van der Waals surface area (Å²) >= 11 is 0. The van der Waals surface area contributed by atoms with E-state index in [1.54, 1.807) is 25.3 Å². The van der Waals surface area contributed by atoms with Gasteiger partial charge in [-0.05, 0) is 19.1 Å². The average Bonchev–Trinajstić information content (AvgIpc) is 2.19. The Morgan fingerprint density at radius 3 is 2.71 bits per heavy atom. The van der Waals surface area contributed by atoms with E-state index in [0.717, 1.165) is 0 Å². The van der Waals surface area contributed by atoms with E-state index in [4.69, 9.17) is 0 Å². The van der Waals surface area contributed by atoms with Crippen molar-refractivity contribution < 1.29 is 0 Å². The lowest BCUT2D eigenvalue weighted by molar-refractivity contribution is 0.975. The first-order valence-corrected chi connectivity index (χ1v) is 4.11. The summed E-state index contributed by atoms with van der Waals surface area (Å²) in [6.45, 7) is 1.80. The first-order valence-electron chi connectivity index (χ1n) is 4.11. The van der Waals surface area contributed by atoms with E-state index in [2.05, 4.69) is 20.2 Å². The third kappa shape index (κ3) is 1.66. The van der Waals surface area contributed by atoms with Gasteiger partial charge in [0.25, 0.3) is 5.56 Å². The Hall–Kier alpha value is -2.04. The third-order valence-electron chi connectivity index (χ3n) is 1.72. The third-order valence-corrected chi connectivity index (χ3v) is 1.72. The van der Waals surface area contributed by atoms with Gasteiger partial charge in [-0.15, -0.1) is 0 Å². The molecule has 0 fully saturated rings. The fourth-order valence-electron chi connectivity index (χ4n) is 1.09. The molecule has 0 spiro atoms. The van der Waals surface area contributed by atoms with E-state index in [1.807, 2.05) is 0 Å². The van der Waals surface area contributed by atoms with E-state index in [-0.39, 0.29) is 5.56 Å². The van der Waals surface area contributed by atoms with Crippen LogP contribution in [0.4, 0.5) is 0 Å². The van der Waals surface area contributed by atoms with Gasteiger partial charge in [0, 0.05) is 12.3 Å². The van der Waals surface area contributed by atoms with Crippen LogP contribution in [0.25, 0.3) is 11.4 Å². The molecule has 0 radical (unpaired) electrons. The highest BCUT2D eigenvalue weighted by molar-refractivity contribution is 5.51. The molecule has 0 bridgehead atoms. The summed E-state index contributed by atoms with van der Waals surface area (Å²) in [5, 5.41) is 6.21. The summed E-state index contributed by atoms with van der Waals surface area (Å²) in [5.41, 5.74) is 1.11. The summed E-state index contributed by atoms with van der Waals surface area (Å²) in [7, 11) is 0. The monoisotopic (exact) mass is 188 g/mol. The quantitative estimate of drug-likeness (QED) is 0.708. The molecular formula is C9H8N4O. The summed E-state index contributed by atoms with van der Waals surface area (Å²) in [5.74, 6) is 0.676. The molecule has 2 heterocycles. The van der Waals surface area contributed by atoms with Gasteiger partial charge >= 0.3 is 0 Å². The van der Waals surface area contributed by atoms with Crippen LogP contribution >= 0.6 is 0 Å². The molecule has 0 aliphatic carbocycles. The maximum absolute atomic E-state index is 10.8. The normalized spacial score (nSPS) is 10.1. The van der Waals surface area contributed by atoms with Gasteiger partial charge in [-0.2, -0.15) is 5.10 Å². The van der Waals surface area contributed by atoms with Gasteiger partial charge in [-0.25, -0.2) is 15.1 Å². The molecule has 2 aromatic rings. The number of hydrogen-bond donors (Lipinski definition) is 1. The first kappa shape index (κ1) is 8.55. The number of aromatic amines is 1. The highest BCUT2D eigenvalue weighted by atomic mass is 16.1. The predicted octanol–water partition coefficient (Wildman–Crippen LogP) is 0.535. The second-order valence-corrected chi connectivity index (χ2v) is 2.80. The molecule has 0 amide bonds. The van der Waals surface area contributed by atoms with Gasteiger partial charge < -0.3 is 0 Å². The average molecular weight is 188 g/mol. The lowest BCUT2D eigenvalue weighted by Gasteiger charge is -1.98. The standard InChI is InChI=1S/C9H8N4O/c1-6-10-5-4-7(11-6)8-2-3-9(14)13-12-8/h2-5H,1H3,(H,13,14). The molecule has 0 aliphatic rings. The number of nitrogens with one attached hydrogen (secondary N) is 1. The molecule has 70 valence electrons. The van der Waals surface area contributed by atoms with E-state index in [9.17, 15) is 4.79 Å². The van der Waals surface area contributed by atoms with Crippen molar-refractivity contribution >= 4 is 0 Å². The smallest absolute Gasteiger partial charge is 0.264 e. The van der Waals surface area contributed by atoms with Crippen LogP contribution in [0.15, 0.2) is 29.2 Å². The second kappa shape index (κ2) is 3.37. The van der Waals surface area contributed by atoms with Gasteiger partial charge in [-0.3, -0.25) is 4.79 Å². The van der Waals surface area contributed by atoms with E-state index >= 15 is 0 Å². The fraction of sp³-hybridized carbons (Fsp3) is 0.111. The summed E-state index contributed by atoms with van der Waals surface area (Å²) in [6.07, 6.45) is 1.66. The highest BCUT2D eigenvalue weighted by Crippen LogP contribution is 2.10. The topological polar surface area (TPSA) is 71.5 Å². The molecule has 5 nitrogen and oxygen atoms in total.